The first-order valence-electron chi connectivity index (χ1n) is 7.32. The van der Waals surface area contributed by atoms with Crippen molar-refractivity contribution < 1.29 is 32.9 Å². The van der Waals surface area contributed by atoms with Crippen molar-refractivity contribution >= 4 is 11.8 Å². The number of esters is 1. The summed E-state index contributed by atoms with van der Waals surface area (Å²) in [5.74, 6) is -0.666. The van der Waals surface area contributed by atoms with E-state index in [0.717, 1.165) is 6.07 Å². The van der Waals surface area contributed by atoms with Gasteiger partial charge in [-0.3, -0.25) is 4.79 Å². The quantitative estimate of drug-likeness (QED) is 0.539. The lowest BCUT2D eigenvalue weighted by molar-refractivity contribution is -0.144. The minimum absolute atomic E-state index is 0.192. The molecule has 0 saturated heterocycles. The first-order valence-corrected chi connectivity index (χ1v) is 7.32. The molecular weight excluding hydrogens is 331 g/mol. The average molecular weight is 348 g/mol. The number of hydrogen-bond acceptors (Lipinski definition) is 6. The molecule has 2 aromatic carbocycles. The third kappa shape index (κ3) is 5.20. The van der Waals surface area contributed by atoms with Crippen molar-refractivity contribution in [2.75, 3.05) is 27.4 Å². The second-order valence-corrected chi connectivity index (χ2v) is 4.90. The van der Waals surface area contributed by atoms with Crippen LogP contribution in [0.4, 0.5) is 4.39 Å². The molecule has 0 unspecified atom stereocenters. The molecule has 0 aliphatic rings. The van der Waals surface area contributed by atoms with Gasteiger partial charge in [0.15, 0.2) is 13.2 Å². The van der Waals surface area contributed by atoms with Crippen molar-refractivity contribution in [2.45, 2.75) is 0 Å². The largest absolute Gasteiger partial charge is 0.497 e. The number of ether oxygens (including phenoxy) is 4. The molecule has 0 amide bonds. The van der Waals surface area contributed by atoms with Gasteiger partial charge in [0, 0.05) is 6.07 Å². The second kappa shape index (κ2) is 8.68. The number of ketones is 1. The number of benzene rings is 2. The Kier molecular flexibility index (Phi) is 6.33. The zero-order valence-corrected chi connectivity index (χ0v) is 13.8. The minimum atomic E-state index is -0.750. The van der Waals surface area contributed by atoms with Crippen LogP contribution in [0.25, 0.3) is 0 Å². The predicted molar refractivity (Wildman–Crippen MR) is 86.7 cm³/mol. The van der Waals surface area contributed by atoms with E-state index >= 15 is 0 Å². The van der Waals surface area contributed by atoms with Gasteiger partial charge >= 0.3 is 5.97 Å². The first kappa shape index (κ1) is 18.3. The topological polar surface area (TPSA) is 71.1 Å². The Bertz CT molecular complexity index is 759. The lowest BCUT2D eigenvalue weighted by Crippen LogP contribution is -2.20. The van der Waals surface area contributed by atoms with Crippen LogP contribution in [0, 0.1) is 5.82 Å². The van der Waals surface area contributed by atoms with Crippen molar-refractivity contribution in [3.8, 4) is 17.2 Å². The summed E-state index contributed by atoms with van der Waals surface area (Å²) in [6.45, 7) is -0.916. The molecule has 0 N–H and O–H groups in total. The van der Waals surface area contributed by atoms with Crippen LogP contribution in [0.15, 0.2) is 42.5 Å². The zero-order chi connectivity index (χ0) is 18.2. The van der Waals surface area contributed by atoms with Crippen LogP contribution in [0.1, 0.15) is 10.4 Å². The van der Waals surface area contributed by atoms with E-state index in [2.05, 4.69) is 0 Å². The lowest BCUT2D eigenvalue weighted by Gasteiger charge is -2.10. The van der Waals surface area contributed by atoms with Gasteiger partial charge in [-0.2, -0.15) is 0 Å². The first-order chi connectivity index (χ1) is 12.0. The van der Waals surface area contributed by atoms with E-state index in [1.54, 1.807) is 12.1 Å². The van der Waals surface area contributed by atoms with Crippen molar-refractivity contribution in [1.29, 1.82) is 0 Å². The van der Waals surface area contributed by atoms with Crippen LogP contribution >= 0.6 is 0 Å². The van der Waals surface area contributed by atoms with Crippen molar-refractivity contribution in [3.63, 3.8) is 0 Å². The van der Waals surface area contributed by atoms with Crippen LogP contribution in [0.2, 0.25) is 0 Å². The van der Waals surface area contributed by atoms with Gasteiger partial charge in [0.05, 0.1) is 19.8 Å². The maximum Gasteiger partial charge on any atom is 0.344 e. The summed E-state index contributed by atoms with van der Waals surface area (Å²) >= 11 is 0. The SMILES string of the molecule is COc1ccc(OC)c(C(=O)COC(=O)COc2cccc(F)c2)c1. The summed E-state index contributed by atoms with van der Waals surface area (Å²) in [6.07, 6.45) is 0. The zero-order valence-electron chi connectivity index (χ0n) is 13.8. The molecular formula is C18H17FO6. The highest BCUT2D eigenvalue weighted by atomic mass is 19.1. The van der Waals surface area contributed by atoms with E-state index in [4.69, 9.17) is 18.9 Å². The smallest absolute Gasteiger partial charge is 0.344 e. The standard InChI is InChI=1S/C18H17FO6/c1-22-13-6-7-17(23-2)15(9-13)16(20)10-25-18(21)11-24-14-5-3-4-12(19)8-14/h3-9H,10-11H2,1-2H3. The maximum atomic E-state index is 13.0. The molecule has 2 aromatic rings. The van der Waals surface area contributed by atoms with Crippen LogP contribution in [0.5, 0.6) is 17.2 Å². The van der Waals surface area contributed by atoms with Crippen LogP contribution in [0.3, 0.4) is 0 Å². The molecule has 0 bridgehead atoms. The molecule has 25 heavy (non-hydrogen) atoms. The Morgan fingerprint density at radius 2 is 1.76 bits per heavy atom. The van der Waals surface area contributed by atoms with Gasteiger partial charge in [0.2, 0.25) is 5.78 Å². The van der Waals surface area contributed by atoms with E-state index in [1.165, 1.54) is 38.5 Å². The van der Waals surface area contributed by atoms with Crippen LogP contribution in [-0.4, -0.2) is 39.2 Å². The normalized spacial score (nSPS) is 10.0. The summed E-state index contributed by atoms with van der Waals surface area (Å²) in [4.78, 5) is 23.9. The predicted octanol–water partition coefficient (Wildman–Crippen LogP) is 2.65. The summed E-state index contributed by atoms with van der Waals surface area (Å²) in [6, 6.07) is 10.1. The second-order valence-electron chi connectivity index (χ2n) is 4.90. The number of carbonyl (C=O) groups excluding carboxylic acids is 2. The number of hydrogen-bond donors (Lipinski definition) is 0. The van der Waals surface area contributed by atoms with Gasteiger partial charge in [-0.15, -0.1) is 0 Å². The highest BCUT2D eigenvalue weighted by molar-refractivity contribution is 6.00. The molecule has 0 saturated carbocycles. The van der Waals surface area contributed by atoms with Gasteiger partial charge in [0.1, 0.15) is 23.1 Å². The number of rotatable bonds is 8. The monoisotopic (exact) mass is 348 g/mol. The third-order valence-corrected chi connectivity index (χ3v) is 3.22. The van der Waals surface area contributed by atoms with E-state index in [-0.39, 0.29) is 11.3 Å². The number of carbonyl (C=O) groups is 2. The Hall–Kier alpha value is -3.09. The summed E-state index contributed by atoms with van der Waals surface area (Å²) in [7, 11) is 2.90. The summed E-state index contributed by atoms with van der Waals surface area (Å²) < 4.78 is 33.2. The van der Waals surface area contributed by atoms with Crippen molar-refractivity contribution in [2.24, 2.45) is 0 Å². The van der Waals surface area contributed by atoms with E-state index in [0.29, 0.717) is 11.5 Å². The molecule has 0 aliphatic carbocycles. The van der Waals surface area contributed by atoms with Gasteiger partial charge in [-0.05, 0) is 30.3 Å². The Morgan fingerprint density at radius 3 is 2.44 bits per heavy atom. The fraction of sp³-hybridized carbons (Fsp3) is 0.222. The lowest BCUT2D eigenvalue weighted by atomic mass is 10.1. The summed E-state index contributed by atoms with van der Waals surface area (Å²) in [5, 5.41) is 0. The highest BCUT2D eigenvalue weighted by Gasteiger charge is 2.16. The Morgan fingerprint density at radius 1 is 0.960 bits per heavy atom. The fourth-order valence-electron chi connectivity index (χ4n) is 2.00. The van der Waals surface area contributed by atoms with Gasteiger partial charge < -0.3 is 18.9 Å². The molecule has 0 aromatic heterocycles. The van der Waals surface area contributed by atoms with Gasteiger partial charge in [-0.25, -0.2) is 9.18 Å². The molecule has 7 heteroatoms. The Labute approximate surface area is 144 Å². The average Bonchev–Trinajstić information content (AvgIpc) is 2.63. The molecule has 0 aliphatic heterocycles. The van der Waals surface area contributed by atoms with Gasteiger partial charge in [0.25, 0.3) is 0 Å². The van der Waals surface area contributed by atoms with Crippen LogP contribution in [-0.2, 0) is 9.53 Å². The number of halogens is 1. The maximum absolute atomic E-state index is 13.0. The third-order valence-electron chi connectivity index (χ3n) is 3.22. The molecule has 0 spiro atoms. The molecule has 132 valence electrons. The van der Waals surface area contributed by atoms with E-state index < -0.39 is 30.8 Å². The number of methoxy groups -OCH3 is 2. The molecule has 0 radical (unpaired) electrons. The highest BCUT2D eigenvalue weighted by Crippen LogP contribution is 2.24. The molecule has 6 nitrogen and oxygen atoms in total. The molecule has 2 rings (SSSR count). The Balaban J connectivity index is 1.90. The molecule has 0 atom stereocenters. The fourth-order valence-corrected chi connectivity index (χ4v) is 2.00. The summed E-state index contributed by atoms with van der Waals surface area (Å²) in [5.41, 5.74) is 0.237. The van der Waals surface area contributed by atoms with Gasteiger partial charge in [-0.1, -0.05) is 6.07 Å². The minimum Gasteiger partial charge on any atom is -0.497 e. The van der Waals surface area contributed by atoms with E-state index in [9.17, 15) is 14.0 Å². The molecule has 0 fully saturated rings. The van der Waals surface area contributed by atoms with E-state index in [1.807, 2.05) is 0 Å². The van der Waals surface area contributed by atoms with Crippen molar-refractivity contribution in [3.05, 3.63) is 53.8 Å². The molecule has 0 heterocycles. The van der Waals surface area contributed by atoms with Crippen LogP contribution < -0.4 is 14.2 Å². The van der Waals surface area contributed by atoms with Crippen molar-refractivity contribution in [1.82, 2.24) is 0 Å². The number of Topliss-reactive ketones (excluding diaryl/α,β-unsaturated/α-hetero) is 1.